The zero-order valence-corrected chi connectivity index (χ0v) is 14.6. The van der Waals surface area contributed by atoms with Crippen LogP contribution in [0.5, 0.6) is 11.5 Å². The molecule has 0 fully saturated rings. The molecule has 0 saturated heterocycles. The Morgan fingerprint density at radius 3 is 2.39 bits per heavy atom. The lowest BCUT2D eigenvalue weighted by Crippen LogP contribution is -2.13. The molecule has 0 aliphatic heterocycles. The average Bonchev–Trinajstić information content (AvgIpc) is 2.55. The normalized spacial score (nSPS) is 10.2. The largest absolute Gasteiger partial charge is 0.490 e. The van der Waals surface area contributed by atoms with E-state index in [2.05, 4.69) is 21.2 Å². The van der Waals surface area contributed by atoms with Crippen LogP contribution in [0.25, 0.3) is 0 Å². The molecule has 4 nitrogen and oxygen atoms in total. The van der Waals surface area contributed by atoms with Crippen LogP contribution in [-0.2, 0) is 4.79 Å². The highest BCUT2D eigenvalue weighted by Crippen LogP contribution is 2.26. The topological polar surface area (TPSA) is 47.6 Å². The standard InChI is InChI=1S/C18H20BrNO3/c1-2-22-16-10-5-6-11-17(16)23-13-7-12-18(21)20-15-9-4-3-8-14(15)19/h3-6,8-11H,2,7,12-13H2,1H3,(H,20,21). The van der Waals surface area contributed by atoms with Gasteiger partial charge in [0, 0.05) is 10.9 Å². The molecule has 0 heterocycles. The highest BCUT2D eigenvalue weighted by atomic mass is 79.9. The second-order valence-corrected chi connectivity index (χ2v) is 5.71. The van der Waals surface area contributed by atoms with Gasteiger partial charge >= 0.3 is 0 Å². The van der Waals surface area contributed by atoms with Gasteiger partial charge in [0.2, 0.25) is 5.91 Å². The van der Waals surface area contributed by atoms with Crippen molar-refractivity contribution in [2.75, 3.05) is 18.5 Å². The van der Waals surface area contributed by atoms with Crippen LogP contribution in [0.4, 0.5) is 5.69 Å². The van der Waals surface area contributed by atoms with E-state index in [0.29, 0.717) is 31.8 Å². The van der Waals surface area contributed by atoms with E-state index < -0.39 is 0 Å². The Morgan fingerprint density at radius 2 is 1.70 bits per heavy atom. The number of halogens is 1. The Kier molecular flexibility index (Phi) is 6.94. The number of para-hydroxylation sites is 3. The minimum Gasteiger partial charge on any atom is -0.490 e. The number of hydrogen-bond acceptors (Lipinski definition) is 3. The summed E-state index contributed by atoms with van der Waals surface area (Å²) in [4.78, 5) is 11.9. The third kappa shape index (κ3) is 5.60. The van der Waals surface area contributed by atoms with E-state index in [9.17, 15) is 4.79 Å². The Hall–Kier alpha value is -2.01. The number of amides is 1. The fraction of sp³-hybridized carbons (Fsp3) is 0.278. The molecule has 5 heteroatoms. The molecule has 1 amide bonds. The van der Waals surface area contributed by atoms with Crippen LogP contribution in [0, 0.1) is 0 Å². The number of rotatable bonds is 8. The minimum atomic E-state index is -0.0291. The molecule has 0 saturated carbocycles. The summed E-state index contributed by atoms with van der Waals surface area (Å²) in [5.41, 5.74) is 0.778. The molecule has 0 radical (unpaired) electrons. The molecule has 0 bridgehead atoms. The Balaban J connectivity index is 1.75. The van der Waals surface area contributed by atoms with Gasteiger partial charge in [0.05, 0.1) is 18.9 Å². The molecule has 2 aromatic rings. The van der Waals surface area contributed by atoms with E-state index >= 15 is 0 Å². The monoisotopic (exact) mass is 377 g/mol. The fourth-order valence-electron chi connectivity index (χ4n) is 2.03. The molecule has 0 aliphatic carbocycles. The Morgan fingerprint density at radius 1 is 1.04 bits per heavy atom. The zero-order chi connectivity index (χ0) is 16.5. The summed E-state index contributed by atoms with van der Waals surface area (Å²) < 4.78 is 12.1. The van der Waals surface area contributed by atoms with Gasteiger partial charge in [-0.15, -0.1) is 0 Å². The summed E-state index contributed by atoms with van der Waals surface area (Å²) in [7, 11) is 0. The number of carbonyl (C=O) groups excluding carboxylic acids is 1. The molecular formula is C18H20BrNO3. The van der Waals surface area contributed by atoms with E-state index in [1.165, 1.54) is 0 Å². The van der Waals surface area contributed by atoms with Crippen LogP contribution in [0.15, 0.2) is 53.0 Å². The van der Waals surface area contributed by atoms with Gasteiger partial charge in [-0.1, -0.05) is 24.3 Å². The maximum absolute atomic E-state index is 11.9. The average molecular weight is 378 g/mol. The maximum Gasteiger partial charge on any atom is 0.224 e. The van der Waals surface area contributed by atoms with Crippen molar-refractivity contribution in [3.8, 4) is 11.5 Å². The van der Waals surface area contributed by atoms with Gasteiger partial charge in [-0.2, -0.15) is 0 Å². The zero-order valence-electron chi connectivity index (χ0n) is 13.0. The van der Waals surface area contributed by atoms with Crippen LogP contribution in [0.3, 0.4) is 0 Å². The minimum absolute atomic E-state index is 0.0291. The third-order valence-corrected chi connectivity index (χ3v) is 3.79. The van der Waals surface area contributed by atoms with E-state index in [-0.39, 0.29) is 5.91 Å². The van der Waals surface area contributed by atoms with Crippen molar-refractivity contribution in [3.05, 3.63) is 53.0 Å². The number of benzene rings is 2. The van der Waals surface area contributed by atoms with Crippen LogP contribution >= 0.6 is 15.9 Å². The predicted molar refractivity (Wildman–Crippen MR) is 95.1 cm³/mol. The molecule has 0 spiro atoms. The number of nitrogens with one attached hydrogen (secondary N) is 1. The summed E-state index contributed by atoms with van der Waals surface area (Å²) >= 11 is 3.41. The van der Waals surface area contributed by atoms with Crippen molar-refractivity contribution in [1.82, 2.24) is 0 Å². The summed E-state index contributed by atoms with van der Waals surface area (Å²) in [5, 5.41) is 2.87. The molecule has 0 unspecified atom stereocenters. The van der Waals surface area contributed by atoms with Gasteiger partial charge in [-0.25, -0.2) is 0 Å². The van der Waals surface area contributed by atoms with Crippen LogP contribution in [0.2, 0.25) is 0 Å². The Labute approximate surface area is 144 Å². The fourth-order valence-corrected chi connectivity index (χ4v) is 2.42. The maximum atomic E-state index is 11.9. The SMILES string of the molecule is CCOc1ccccc1OCCCC(=O)Nc1ccccc1Br. The van der Waals surface area contributed by atoms with Gasteiger partial charge < -0.3 is 14.8 Å². The van der Waals surface area contributed by atoms with Crippen molar-refractivity contribution >= 4 is 27.5 Å². The van der Waals surface area contributed by atoms with Crippen molar-refractivity contribution in [2.24, 2.45) is 0 Å². The number of ether oxygens (including phenoxy) is 2. The first-order valence-electron chi connectivity index (χ1n) is 7.59. The van der Waals surface area contributed by atoms with Gasteiger partial charge in [-0.05, 0) is 53.5 Å². The lowest BCUT2D eigenvalue weighted by Gasteiger charge is -2.11. The van der Waals surface area contributed by atoms with Crippen LogP contribution in [0.1, 0.15) is 19.8 Å². The Bertz CT molecular complexity index is 646. The van der Waals surface area contributed by atoms with E-state index in [0.717, 1.165) is 15.9 Å². The van der Waals surface area contributed by atoms with Crippen molar-refractivity contribution in [1.29, 1.82) is 0 Å². The van der Waals surface area contributed by atoms with E-state index in [1.54, 1.807) is 0 Å². The van der Waals surface area contributed by atoms with Crippen molar-refractivity contribution in [3.63, 3.8) is 0 Å². The van der Waals surface area contributed by atoms with Crippen LogP contribution in [-0.4, -0.2) is 19.1 Å². The van der Waals surface area contributed by atoms with Gasteiger partial charge in [0.1, 0.15) is 0 Å². The molecule has 0 aromatic heterocycles. The molecule has 2 aromatic carbocycles. The molecule has 23 heavy (non-hydrogen) atoms. The lowest BCUT2D eigenvalue weighted by atomic mass is 10.2. The van der Waals surface area contributed by atoms with Crippen LogP contribution < -0.4 is 14.8 Å². The summed E-state index contributed by atoms with van der Waals surface area (Å²) in [6.45, 7) is 2.99. The number of anilines is 1. The molecule has 0 aliphatic rings. The predicted octanol–water partition coefficient (Wildman–Crippen LogP) is 4.65. The number of hydrogen-bond donors (Lipinski definition) is 1. The first-order valence-corrected chi connectivity index (χ1v) is 8.39. The van der Waals surface area contributed by atoms with Crippen molar-refractivity contribution < 1.29 is 14.3 Å². The lowest BCUT2D eigenvalue weighted by molar-refractivity contribution is -0.116. The van der Waals surface area contributed by atoms with Crippen molar-refractivity contribution in [2.45, 2.75) is 19.8 Å². The molecule has 2 rings (SSSR count). The summed E-state index contributed by atoms with van der Waals surface area (Å²) in [5.74, 6) is 1.41. The van der Waals surface area contributed by atoms with Gasteiger partial charge in [-0.3, -0.25) is 4.79 Å². The smallest absolute Gasteiger partial charge is 0.224 e. The highest BCUT2D eigenvalue weighted by molar-refractivity contribution is 9.10. The van der Waals surface area contributed by atoms with Gasteiger partial charge in [0.15, 0.2) is 11.5 Å². The summed E-state index contributed by atoms with van der Waals surface area (Å²) in [6.07, 6.45) is 1.04. The second-order valence-electron chi connectivity index (χ2n) is 4.86. The first-order chi connectivity index (χ1) is 11.2. The van der Waals surface area contributed by atoms with Gasteiger partial charge in [0.25, 0.3) is 0 Å². The molecule has 122 valence electrons. The summed E-state index contributed by atoms with van der Waals surface area (Å²) in [6, 6.07) is 15.1. The van der Waals surface area contributed by atoms with E-state index in [4.69, 9.17) is 9.47 Å². The molecular weight excluding hydrogens is 358 g/mol. The molecule has 1 N–H and O–H groups in total. The number of carbonyl (C=O) groups is 1. The van der Waals surface area contributed by atoms with E-state index in [1.807, 2.05) is 55.5 Å². The third-order valence-electron chi connectivity index (χ3n) is 3.10. The quantitative estimate of drug-likeness (QED) is 0.681. The molecule has 0 atom stereocenters. The second kappa shape index (κ2) is 9.20. The highest BCUT2D eigenvalue weighted by Gasteiger charge is 2.06. The first kappa shape index (κ1) is 17.3.